The molecule has 2 aromatic heterocycles. The minimum Gasteiger partial charge on any atom is -0.371 e. The quantitative estimate of drug-likeness (QED) is 0.0327. The highest BCUT2D eigenvalue weighted by atomic mass is 19.1. The van der Waals surface area contributed by atoms with E-state index in [0.29, 0.717) is 76.5 Å². The number of hydrogen-bond acceptors (Lipinski definition) is 13. The standard InChI is InChI=1S/C66H81FN12O7/c1-39(2)70-61(82)49-32-54(52(67)27-41(49)5)72-60-59-55(69-37-77(59)40(3)4)33-53(71-60)44-13-16-51-57(28-44)78(47-29-46(30-47)75-24-7-6-8-25-75)65(86)66(51,21-22-68-38-80)20-9-11-42-12-10-23-74(34-42)35-43-19-26-76(36-43)45-14-15-48-50(31-45)64(85)79(63(48)84)56-17-18-58(81)73-62(56)83/h13-16,27-28,31-33,37-40,42-43,46-47,56H,6-12,17-26,29-30,34-36H2,1-5H3,(H,68,80)(H,70,82)(H,71,72)(H,73,81,83). The van der Waals surface area contributed by atoms with E-state index >= 15 is 9.18 Å². The number of likely N-dealkylation sites (tertiary alicyclic amines) is 2. The number of carbonyl (C=O) groups excluding carboxylic acids is 7. The molecule has 7 amide bonds. The first-order valence-electron chi connectivity index (χ1n) is 31.5. The molecule has 4 unspecified atom stereocenters. The average Bonchev–Trinajstić information content (AvgIpc) is 1.89. The summed E-state index contributed by atoms with van der Waals surface area (Å²) in [4.78, 5) is 113. The molecular formula is C66H81FN12O7. The zero-order chi connectivity index (χ0) is 60.1. The lowest BCUT2D eigenvalue weighted by Crippen LogP contribution is -2.57. The van der Waals surface area contributed by atoms with Crippen LogP contribution < -0.4 is 31.1 Å². The van der Waals surface area contributed by atoms with Gasteiger partial charge in [0.2, 0.25) is 24.1 Å². The number of nitrogens with zero attached hydrogens (tertiary/aromatic N) is 8. The smallest absolute Gasteiger partial charge is 0.262 e. The van der Waals surface area contributed by atoms with E-state index in [9.17, 15) is 28.8 Å². The third-order valence-electron chi connectivity index (χ3n) is 19.6. The summed E-state index contributed by atoms with van der Waals surface area (Å²) in [6, 6.07) is 15.8. The van der Waals surface area contributed by atoms with Crippen molar-refractivity contribution in [1.29, 1.82) is 0 Å². The molecule has 4 saturated heterocycles. The third-order valence-corrected chi connectivity index (χ3v) is 19.6. The van der Waals surface area contributed by atoms with Gasteiger partial charge in [0.15, 0.2) is 5.82 Å². The van der Waals surface area contributed by atoms with Crippen molar-refractivity contribution in [2.24, 2.45) is 11.8 Å². The van der Waals surface area contributed by atoms with Crippen LogP contribution in [0.25, 0.3) is 22.3 Å². The van der Waals surface area contributed by atoms with E-state index in [-0.39, 0.29) is 54.0 Å². The average molecular weight is 1170 g/mol. The Morgan fingerprint density at radius 2 is 1.64 bits per heavy atom. The predicted molar refractivity (Wildman–Crippen MR) is 327 cm³/mol. The van der Waals surface area contributed by atoms with Crippen molar-refractivity contribution in [2.45, 2.75) is 160 Å². The number of amides is 7. The number of aryl methyl sites for hydroxylation is 1. The van der Waals surface area contributed by atoms with Gasteiger partial charge < -0.3 is 40.1 Å². The molecule has 5 aromatic rings. The van der Waals surface area contributed by atoms with Gasteiger partial charge in [-0.2, -0.15) is 0 Å². The minimum atomic E-state index is -1.01. The number of nitrogens with one attached hydrogen (secondary N) is 4. The van der Waals surface area contributed by atoms with Crippen LogP contribution in [0.1, 0.15) is 166 Å². The Kier molecular flexibility index (Phi) is 16.6. The molecule has 12 rings (SSSR count). The summed E-state index contributed by atoms with van der Waals surface area (Å²) in [5.41, 5.74) is 6.13. The van der Waals surface area contributed by atoms with Crippen molar-refractivity contribution >= 4 is 75.8 Å². The van der Waals surface area contributed by atoms with Crippen LogP contribution in [0.2, 0.25) is 0 Å². The molecule has 1 saturated carbocycles. The molecule has 454 valence electrons. The van der Waals surface area contributed by atoms with Crippen LogP contribution in [0.5, 0.6) is 0 Å². The molecule has 20 heteroatoms. The Balaban J connectivity index is 0.776. The molecule has 86 heavy (non-hydrogen) atoms. The molecule has 0 radical (unpaired) electrons. The monoisotopic (exact) mass is 1170 g/mol. The molecule has 1 aliphatic carbocycles. The van der Waals surface area contributed by atoms with Crippen LogP contribution in [0, 0.1) is 24.6 Å². The number of imidazole rings is 1. The number of carbonyl (C=O) groups is 7. The van der Waals surface area contributed by atoms with E-state index in [4.69, 9.17) is 9.97 Å². The third kappa shape index (κ3) is 11.3. The van der Waals surface area contributed by atoms with Crippen LogP contribution >= 0.6 is 0 Å². The van der Waals surface area contributed by atoms with Gasteiger partial charge in [0.1, 0.15) is 17.4 Å². The number of rotatable bonds is 20. The minimum absolute atomic E-state index is 0.00170. The van der Waals surface area contributed by atoms with E-state index in [1.54, 1.807) is 31.5 Å². The largest absolute Gasteiger partial charge is 0.371 e. The van der Waals surface area contributed by atoms with Gasteiger partial charge >= 0.3 is 0 Å². The van der Waals surface area contributed by atoms with Crippen LogP contribution in [0.3, 0.4) is 0 Å². The second-order valence-electron chi connectivity index (χ2n) is 26.0. The highest BCUT2D eigenvalue weighted by Gasteiger charge is 2.54. The highest BCUT2D eigenvalue weighted by molar-refractivity contribution is 6.24. The Morgan fingerprint density at radius 1 is 0.837 bits per heavy atom. The molecule has 6 aliphatic heterocycles. The number of hydrogen-bond donors (Lipinski definition) is 4. The summed E-state index contributed by atoms with van der Waals surface area (Å²) in [6.45, 7) is 16.7. The summed E-state index contributed by atoms with van der Waals surface area (Å²) in [5.74, 6) is -1.52. The van der Waals surface area contributed by atoms with E-state index in [1.807, 2.05) is 50.5 Å². The van der Waals surface area contributed by atoms with Gasteiger partial charge in [0.05, 0.1) is 39.8 Å². The topological polar surface area (TPSA) is 215 Å². The van der Waals surface area contributed by atoms with E-state index in [0.717, 1.165) is 125 Å². The number of fused-ring (bicyclic) bond motifs is 3. The lowest BCUT2D eigenvalue weighted by Gasteiger charge is -2.48. The summed E-state index contributed by atoms with van der Waals surface area (Å²) in [7, 11) is 0. The van der Waals surface area contributed by atoms with Crippen LogP contribution in [0.4, 0.5) is 27.3 Å². The summed E-state index contributed by atoms with van der Waals surface area (Å²) < 4.78 is 18.0. The maximum absolute atomic E-state index is 16.0. The molecule has 19 nitrogen and oxygen atoms in total. The Labute approximate surface area is 502 Å². The van der Waals surface area contributed by atoms with Gasteiger partial charge in [-0.3, -0.25) is 43.8 Å². The number of pyridine rings is 1. The van der Waals surface area contributed by atoms with Gasteiger partial charge in [-0.05, 0) is 190 Å². The molecule has 5 fully saturated rings. The fraction of sp³-hybridized carbons (Fsp3) is 0.530. The fourth-order valence-corrected chi connectivity index (χ4v) is 15.1. The molecule has 0 bridgehead atoms. The first-order valence-corrected chi connectivity index (χ1v) is 31.5. The lowest BCUT2D eigenvalue weighted by molar-refractivity contribution is -0.136. The fourth-order valence-electron chi connectivity index (χ4n) is 15.1. The van der Waals surface area contributed by atoms with Gasteiger partial charge in [-0.15, -0.1) is 0 Å². The number of halogens is 1. The second kappa shape index (κ2) is 24.3. The van der Waals surface area contributed by atoms with Crippen molar-refractivity contribution in [1.82, 2.24) is 45.2 Å². The zero-order valence-electron chi connectivity index (χ0n) is 50.3. The number of benzene rings is 3. The number of imide groups is 2. The molecule has 7 aliphatic rings. The van der Waals surface area contributed by atoms with E-state index in [2.05, 4.69) is 53.0 Å². The van der Waals surface area contributed by atoms with Crippen molar-refractivity contribution in [3.05, 3.63) is 94.6 Å². The van der Waals surface area contributed by atoms with Crippen LogP contribution in [-0.2, 0) is 24.6 Å². The lowest BCUT2D eigenvalue weighted by atomic mass is 9.73. The van der Waals surface area contributed by atoms with Crippen LogP contribution in [-0.4, -0.2) is 148 Å². The van der Waals surface area contributed by atoms with Crippen molar-refractivity contribution < 1.29 is 38.0 Å². The first kappa shape index (κ1) is 58.8. The maximum atomic E-state index is 16.0. The molecular weight excluding hydrogens is 1090 g/mol. The predicted octanol–water partition coefficient (Wildman–Crippen LogP) is 8.56. The van der Waals surface area contributed by atoms with Crippen molar-refractivity contribution in [3.63, 3.8) is 0 Å². The Morgan fingerprint density at radius 3 is 2.41 bits per heavy atom. The van der Waals surface area contributed by atoms with Gasteiger partial charge in [-0.25, -0.2) is 14.4 Å². The van der Waals surface area contributed by atoms with Crippen molar-refractivity contribution in [2.75, 3.05) is 67.5 Å². The Hall–Kier alpha value is -7.58. The summed E-state index contributed by atoms with van der Waals surface area (Å²) in [6.07, 6.45) is 14.2. The number of anilines is 4. The Bertz CT molecular complexity index is 3500. The van der Waals surface area contributed by atoms with Gasteiger partial charge in [0, 0.05) is 85.8 Å². The SMILES string of the molecule is Cc1cc(F)c(Nc2nc(-c3ccc4c(c3)N(C3CC(N5CCCCC5)C3)C(=O)C4(CCCC3CCCN(CC4CCN(c5ccc6c(c5)C(=O)N(C5CCC(=O)NC5=O)C6=O)C4)C3)CCNC=O)cc3ncn(C(C)C)c23)cc1C(=O)NC(C)C. The summed E-state index contributed by atoms with van der Waals surface area (Å²) in [5, 5.41) is 11.4. The first-order chi connectivity index (χ1) is 41.5. The molecule has 8 heterocycles. The van der Waals surface area contributed by atoms with Gasteiger partial charge in [-0.1, -0.05) is 25.0 Å². The maximum Gasteiger partial charge on any atom is 0.262 e. The van der Waals surface area contributed by atoms with E-state index < -0.39 is 40.9 Å². The molecule has 4 atom stereocenters. The van der Waals surface area contributed by atoms with Crippen molar-refractivity contribution in [3.8, 4) is 11.3 Å². The van der Waals surface area contributed by atoms with E-state index in [1.165, 1.54) is 25.3 Å². The molecule has 4 N–H and O–H groups in total. The van der Waals surface area contributed by atoms with Gasteiger partial charge in [0.25, 0.3) is 17.7 Å². The summed E-state index contributed by atoms with van der Waals surface area (Å²) >= 11 is 0. The van der Waals surface area contributed by atoms with Crippen LogP contribution in [0.15, 0.2) is 60.9 Å². The molecule has 3 aromatic carbocycles. The second-order valence-corrected chi connectivity index (χ2v) is 26.0. The molecule has 0 spiro atoms. The number of piperidine rings is 3. The highest BCUT2D eigenvalue weighted by Crippen LogP contribution is 2.52. The zero-order valence-corrected chi connectivity index (χ0v) is 50.3. The normalized spacial score (nSPS) is 24.4. The number of aromatic nitrogens is 3.